The number of aliphatic hydroxyl groups excluding tert-OH is 1. The van der Waals surface area contributed by atoms with Gasteiger partial charge in [0.25, 0.3) is 0 Å². The van der Waals surface area contributed by atoms with Gasteiger partial charge >= 0.3 is 11.9 Å². The Morgan fingerprint density at radius 1 is 0.595 bits per heavy atom. The summed E-state index contributed by atoms with van der Waals surface area (Å²) in [6.07, 6.45) is 43.6. The summed E-state index contributed by atoms with van der Waals surface area (Å²) >= 11 is 0. The Balaban J connectivity index is 3.81. The van der Waals surface area contributed by atoms with Crippen LogP contribution in [-0.2, 0) is 19.1 Å². The maximum atomic E-state index is 12.1. The van der Waals surface area contributed by atoms with Crippen LogP contribution in [0.15, 0.2) is 85.1 Å². The number of ether oxygens (including phenoxy) is 2. The molecule has 5 heteroatoms. The summed E-state index contributed by atoms with van der Waals surface area (Å²) in [5.74, 6) is -0.731. The number of aliphatic hydroxyl groups is 1. The number of allylic oxidation sites excluding steroid dienone is 14. The molecule has 236 valence electrons. The second kappa shape index (κ2) is 32.6. The minimum Gasteiger partial charge on any atom is -0.462 e. The maximum Gasteiger partial charge on any atom is 0.306 e. The number of unbranched alkanes of at least 4 members (excludes halogenated alkanes) is 9. The Morgan fingerprint density at radius 3 is 1.83 bits per heavy atom. The third-order valence-electron chi connectivity index (χ3n) is 6.31. The first-order valence-corrected chi connectivity index (χ1v) is 16.2. The Hall–Kier alpha value is -2.92. The molecular weight excluding hydrogens is 524 g/mol. The molecule has 0 aliphatic carbocycles. The highest BCUT2D eigenvalue weighted by Gasteiger charge is 2.15. The van der Waals surface area contributed by atoms with Gasteiger partial charge in [-0.1, -0.05) is 137 Å². The molecule has 0 fully saturated rings. The smallest absolute Gasteiger partial charge is 0.306 e. The first-order chi connectivity index (χ1) is 20.6. The van der Waals surface area contributed by atoms with Gasteiger partial charge in [0.2, 0.25) is 0 Å². The van der Waals surface area contributed by atoms with E-state index in [1.54, 1.807) is 0 Å². The van der Waals surface area contributed by atoms with Crippen molar-refractivity contribution in [3.63, 3.8) is 0 Å². The normalized spacial score (nSPS) is 13.3. The average molecular weight is 583 g/mol. The van der Waals surface area contributed by atoms with Crippen LogP contribution < -0.4 is 0 Å². The fourth-order valence-electron chi connectivity index (χ4n) is 3.86. The van der Waals surface area contributed by atoms with Gasteiger partial charge in [-0.3, -0.25) is 9.59 Å². The quantitative estimate of drug-likeness (QED) is 0.0452. The molecule has 0 saturated carbocycles. The highest BCUT2D eigenvalue weighted by Crippen LogP contribution is 2.08. The number of carbonyl (C=O) groups is 2. The summed E-state index contributed by atoms with van der Waals surface area (Å²) in [6.45, 7) is 3.86. The average Bonchev–Trinajstić information content (AvgIpc) is 2.99. The third-order valence-corrected chi connectivity index (χ3v) is 6.31. The van der Waals surface area contributed by atoms with Crippen LogP contribution in [0.1, 0.15) is 117 Å². The number of rotatable bonds is 27. The second-order valence-corrected chi connectivity index (χ2v) is 10.3. The van der Waals surface area contributed by atoms with Crippen LogP contribution in [0.5, 0.6) is 0 Å². The van der Waals surface area contributed by atoms with Gasteiger partial charge in [0.1, 0.15) is 6.61 Å². The molecule has 0 aliphatic heterocycles. The number of hydrogen-bond donors (Lipinski definition) is 1. The summed E-state index contributed by atoms with van der Waals surface area (Å²) < 4.78 is 10.5. The molecule has 0 aromatic carbocycles. The van der Waals surface area contributed by atoms with Crippen LogP contribution in [0.4, 0.5) is 0 Å². The van der Waals surface area contributed by atoms with Crippen molar-refractivity contribution in [3.8, 4) is 0 Å². The SMILES string of the molecule is CC/C=C/C=C/C=C/C=C/C=C/CCCCCC(=O)OC(CO)COC(=O)CC/C=C/C/C=C/CCCCCCCC. The zero-order valence-corrected chi connectivity index (χ0v) is 26.5. The monoisotopic (exact) mass is 582 g/mol. The lowest BCUT2D eigenvalue weighted by Gasteiger charge is -2.15. The van der Waals surface area contributed by atoms with E-state index in [1.165, 1.54) is 38.5 Å². The lowest BCUT2D eigenvalue weighted by atomic mass is 10.1. The van der Waals surface area contributed by atoms with Crippen LogP contribution in [0.25, 0.3) is 0 Å². The van der Waals surface area contributed by atoms with Crippen LogP contribution >= 0.6 is 0 Å². The molecule has 42 heavy (non-hydrogen) atoms. The van der Waals surface area contributed by atoms with Gasteiger partial charge in [-0.25, -0.2) is 0 Å². The fourth-order valence-corrected chi connectivity index (χ4v) is 3.86. The Kier molecular flexibility index (Phi) is 30.3. The van der Waals surface area contributed by atoms with Gasteiger partial charge in [-0.15, -0.1) is 0 Å². The Morgan fingerprint density at radius 2 is 1.17 bits per heavy atom. The summed E-state index contributed by atoms with van der Waals surface area (Å²) in [5, 5.41) is 9.48. The van der Waals surface area contributed by atoms with Crippen molar-refractivity contribution in [2.75, 3.05) is 13.2 Å². The molecule has 1 N–H and O–H groups in total. The highest BCUT2D eigenvalue weighted by molar-refractivity contribution is 5.70. The van der Waals surface area contributed by atoms with Gasteiger partial charge < -0.3 is 14.6 Å². The van der Waals surface area contributed by atoms with Crippen LogP contribution in [-0.4, -0.2) is 36.4 Å². The molecule has 0 amide bonds. The molecule has 0 saturated heterocycles. The number of esters is 2. The first-order valence-electron chi connectivity index (χ1n) is 16.2. The lowest BCUT2D eigenvalue weighted by Crippen LogP contribution is -2.28. The summed E-state index contributed by atoms with van der Waals surface area (Å²) in [6, 6.07) is 0. The van der Waals surface area contributed by atoms with Crippen molar-refractivity contribution in [1.29, 1.82) is 0 Å². The molecule has 1 unspecified atom stereocenters. The Bertz CT molecular complexity index is 844. The van der Waals surface area contributed by atoms with Crippen molar-refractivity contribution in [2.45, 2.75) is 123 Å². The van der Waals surface area contributed by atoms with E-state index < -0.39 is 6.10 Å². The van der Waals surface area contributed by atoms with Gasteiger partial charge in [0.15, 0.2) is 6.10 Å². The minimum absolute atomic E-state index is 0.119. The predicted molar refractivity (Wildman–Crippen MR) is 177 cm³/mol. The van der Waals surface area contributed by atoms with E-state index in [1.807, 2.05) is 54.7 Å². The van der Waals surface area contributed by atoms with Crippen LogP contribution in [0.3, 0.4) is 0 Å². The summed E-state index contributed by atoms with van der Waals surface area (Å²) in [7, 11) is 0. The lowest BCUT2D eigenvalue weighted by molar-refractivity contribution is -0.161. The Labute approximate surface area is 256 Å². The van der Waals surface area contributed by atoms with Gasteiger partial charge in [-0.2, -0.15) is 0 Å². The van der Waals surface area contributed by atoms with Crippen molar-refractivity contribution >= 4 is 11.9 Å². The third kappa shape index (κ3) is 30.0. The molecule has 1 atom stereocenters. The molecular formula is C37H58O5. The van der Waals surface area contributed by atoms with Crippen molar-refractivity contribution in [3.05, 3.63) is 85.1 Å². The number of hydrogen-bond acceptors (Lipinski definition) is 5. The van der Waals surface area contributed by atoms with E-state index in [9.17, 15) is 14.7 Å². The van der Waals surface area contributed by atoms with Gasteiger partial charge in [-0.05, 0) is 51.4 Å². The molecule has 0 radical (unpaired) electrons. The van der Waals surface area contributed by atoms with E-state index >= 15 is 0 Å². The molecule has 0 aromatic rings. The van der Waals surface area contributed by atoms with Crippen molar-refractivity contribution in [1.82, 2.24) is 0 Å². The molecule has 0 aliphatic rings. The summed E-state index contributed by atoms with van der Waals surface area (Å²) in [5.41, 5.74) is 0. The van der Waals surface area contributed by atoms with Crippen molar-refractivity contribution < 1.29 is 24.2 Å². The maximum absolute atomic E-state index is 12.1. The van der Waals surface area contributed by atoms with Crippen LogP contribution in [0.2, 0.25) is 0 Å². The first kappa shape index (κ1) is 39.1. The topological polar surface area (TPSA) is 72.8 Å². The van der Waals surface area contributed by atoms with Gasteiger partial charge in [0.05, 0.1) is 6.61 Å². The van der Waals surface area contributed by atoms with Crippen LogP contribution in [0, 0.1) is 0 Å². The minimum atomic E-state index is -0.819. The second-order valence-electron chi connectivity index (χ2n) is 10.3. The summed E-state index contributed by atoms with van der Waals surface area (Å²) in [4.78, 5) is 24.0. The molecule has 5 nitrogen and oxygen atoms in total. The zero-order chi connectivity index (χ0) is 30.8. The zero-order valence-electron chi connectivity index (χ0n) is 26.5. The molecule has 0 aromatic heterocycles. The largest absolute Gasteiger partial charge is 0.462 e. The molecule has 0 spiro atoms. The van der Waals surface area contributed by atoms with E-state index in [2.05, 4.69) is 44.2 Å². The molecule has 0 rings (SSSR count). The fraction of sp³-hybridized carbons (Fsp3) is 0.568. The van der Waals surface area contributed by atoms with E-state index in [-0.39, 0.29) is 38.0 Å². The highest BCUT2D eigenvalue weighted by atomic mass is 16.6. The number of carbonyl (C=O) groups excluding carboxylic acids is 2. The predicted octanol–water partition coefficient (Wildman–Crippen LogP) is 9.61. The van der Waals surface area contributed by atoms with E-state index in [0.717, 1.165) is 44.9 Å². The molecule has 0 bridgehead atoms. The van der Waals surface area contributed by atoms with E-state index in [4.69, 9.17) is 9.47 Å². The molecule has 0 heterocycles. The van der Waals surface area contributed by atoms with Gasteiger partial charge in [0, 0.05) is 12.8 Å². The standard InChI is InChI=1S/C37H58O5/c1-3-5-7-9-11-13-15-17-18-20-22-24-26-28-30-32-37(40)42-35(33-38)34-41-36(39)31-29-27-25-23-21-19-16-14-12-10-8-6-4-2/h5,7,9,11,13,15,17-22,25,27,35,38H,3-4,6,8,10,12,14,16,23-24,26,28-34H2,1-2H3/b7-5+,11-9+,15-13+,18-17+,21-19+,22-20+,27-25+. The van der Waals surface area contributed by atoms with Crippen molar-refractivity contribution in [2.24, 2.45) is 0 Å². The van der Waals surface area contributed by atoms with E-state index in [0.29, 0.717) is 6.42 Å².